The van der Waals surface area contributed by atoms with Crippen LogP contribution in [0.1, 0.15) is 25.3 Å². The molecule has 0 bridgehead atoms. The summed E-state index contributed by atoms with van der Waals surface area (Å²) in [5, 5.41) is 0. The first-order chi connectivity index (χ1) is 8.25. The van der Waals surface area contributed by atoms with E-state index >= 15 is 0 Å². The molecule has 1 amide bonds. The summed E-state index contributed by atoms with van der Waals surface area (Å²) < 4.78 is 5.29. The van der Waals surface area contributed by atoms with E-state index in [1.807, 2.05) is 35.2 Å². The van der Waals surface area contributed by atoms with Crippen LogP contribution in [0.5, 0.6) is 0 Å². The van der Waals surface area contributed by atoms with Crippen molar-refractivity contribution in [1.82, 2.24) is 4.90 Å². The van der Waals surface area contributed by atoms with Crippen molar-refractivity contribution in [3.63, 3.8) is 0 Å². The quantitative estimate of drug-likeness (QED) is 0.394. The molecule has 1 aliphatic heterocycles. The number of likely N-dealkylation sites (tertiary alicyclic amines) is 1. The summed E-state index contributed by atoms with van der Waals surface area (Å²) in [4.78, 5) is 13.6. The number of amides is 1. The second kappa shape index (κ2) is 10.6. The maximum absolute atomic E-state index is 11.8. The number of hydrogen-bond acceptors (Lipinski definition) is 2. The van der Waals surface area contributed by atoms with Crippen molar-refractivity contribution in [2.24, 2.45) is 5.92 Å². The van der Waals surface area contributed by atoms with Crippen LogP contribution in [0.4, 0.5) is 4.79 Å². The van der Waals surface area contributed by atoms with Crippen LogP contribution >= 0.6 is 0 Å². The molecule has 0 saturated carbocycles. The predicted molar refractivity (Wildman–Crippen MR) is 66.6 cm³/mol. The van der Waals surface area contributed by atoms with Crippen LogP contribution in [0, 0.1) is 5.92 Å². The molecule has 0 aliphatic carbocycles. The van der Waals surface area contributed by atoms with E-state index in [4.69, 9.17) is 4.74 Å². The van der Waals surface area contributed by atoms with Gasteiger partial charge >= 0.3 is 57.5 Å². The van der Waals surface area contributed by atoms with Gasteiger partial charge in [0.05, 0.1) is 0 Å². The fourth-order valence-corrected chi connectivity index (χ4v) is 2.00. The van der Waals surface area contributed by atoms with E-state index in [9.17, 15) is 4.79 Å². The maximum Gasteiger partial charge on any atom is 1.00 e. The van der Waals surface area contributed by atoms with E-state index in [1.54, 1.807) is 0 Å². The SMILES string of the molecule is CC1CCN(C(=O)OCc2ccccc2)CC1.[I-].[K+]. The molecule has 1 aromatic rings. The van der Waals surface area contributed by atoms with Crippen molar-refractivity contribution >= 4 is 6.09 Å². The third-order valence-corrected chi connectivity index (χ3v) is 3.25. The number of ether oxygens (including phenoxy) is 1. The Morgan fingerprint density at radius 2 is 1.84 bits per heavy atom. The van der Waals surface area contributed by atoms with Crippen molar-refractivity contribution in [3.8, 4) is 0 Å². The average Bonchev–Trinajstić information content (AvgIpc) is 2.38. The summed E-state index contributed by atoms with van der Waals surface area (Å²) in [6, 6.07) is 9.78. The normalized spacial score (nSPS) is 15.1. The summed E-state index contributed by atoms with van der Waals surface area (Å²) in [5.41, 5.74) is 1.03. The van der Waals surface area contributed by atoms with Gasteiger partial charge in [-0.15, -0.1) is 0 Å². The first-order valence-electron chi connectivity index (χ1n) is 6.21. The van der Waals surface area contributed by atoms with Crippen LogP contribution in [-0.2, 0) is 11.3 Å². The molecule has 0 aromatic heterocycles. The smallest absolute Gasteiger partial charge is 1.00 e. The van der Waals surface area contributed by atoms with Gasteiger partial charge in [0.15, 0.2) is 0 Å². The fraction of sp³-hybridized carbons (Fsp3) is 0.500. The molecule has 19 heavy (non-hydrogen) atoms. The van der Waals surface area contributed by atoms with Gasteiger partial charge in [-0.1, -0.05) is 37.3 Å². The Balaban J connectivity index is 0.00000162. The van der Waals surface area contributed by atoms with Gasteiger partial charge in [-0.25, -0.2) is 4.79 Å². The monoisotopic (exact) mass is 399 g/mol. The number of halogens is 1. The van der Waals surface area contributed by atoms with E-state index in [0.717, 1.165) is 37.4 Å². The Kier molecular flexibility index (Phi) is 11.0. The summed E-state index contributed by atoms with van der Waals surface area (Å²) in [6.07, 6.45) is 1.99. The molecule has 0 unspecified atom stereocenters. The molecule has 1 saturated heterocycles. The molecule has 5 heteroatoms. The van der Waals surface area contributed by atoms with Crippen LogP contribution < -0.4 is 75.4 Å². The zero-order valence-corrected chi connectivity index (χ0v) is 16.9. The van der Waals surface area contributed by atoms with Crippen LogP contribution in [-0.4, -0.2) is 24.1 Å². The predicted octanol–water partition coefficient (Wildman–Crippen LogP) is -2.94. The van der Waals surface area contributed by atoms with E-state index in [2.05, 4.69) is 6.92 Å². The van der Waals surface area contributed by atoms with Gasteiger partial charge in [0.1, 0.15) is 6.61 Å². The number of piperidine rings is 1. The van der Waals surface area contributed by atoms with E-state index in [0.29, 0.717) is 6.61 Å². The minimum Gasteiger partial charge on any atom is -1.00 e. The van der Waals surface area contributed by atoms with Crippen molar-refractivity contribution in [1.29, 1.82) is 0 Å². The minimum absolute atomic E-state index is 0. The van der Waals surface area contributed by atoms with Crippen molar-refractivity contribution in [3.05, 3.63) is 35.9 Å². The second-order valence-electron chi connectivity index (χ2n) is 4.71. The number of carbonyl (C=O) groups is 1. The van der Waals surface area contributed by atoms with Gasteiger partial charge in [-0.3, -0.25) is 0 Å². The number of carbonyl (C=O) groups excluding carboxylic acids is 1. The molecule has 1 aromatic carbocycles. The van der Waals surface area contributed by atoms with Crippen LogP contribution in [0.25, 0.3) is 0 Å². The summed E-state index contributed by atoms with van der Waals surface area (Å²) in [5.74, 6) is 0.730. The van der Waals surface area contributed by atoms with Crippen LogP contribution in [0.15, 0.2) is 30.3 Å². The standard InChI is InChI=1S/C14H19NO2.HI.K/c1-12-7-9-15(10-8-12)14(16)17-11-13-5-3-2-4-6-13;;/h2-6,12H,7-11H2,1H3;1H;/q;;+1/p-1. The Morgan fingerprint density at radius 1 is 1.26 bits per heavy atom. The molecule has 2 rings (SSSR count). The topological polar surface area (TPSA) is 29.5 Å². The van der Waals surface area contributed by atoms with Crippen molar-refractivity contribution in [2.45, 2.75) is 26.4 Å². The first-order valence-corrected chi connectivity index (χ1v) is 6.21. The van der Waals surface area contributed by atoms with Gasteiger partial charge in [0.2, 0.25) is 0 Å². The zero-order valence-electron chi connectivity index (χ0n) is 11.6. The summed E-state index contributed by atoms with van der Waals surface area (Å²) in [6.45, 7) is 4.25. The Morgan fingerprint density at radius 3 is 2.42 bits per heavy atom. The van der Waals surface area contributed by atoms with E-state index < -0.39 is 0 Å². The van der Waals surface area contributed by atoms with Gasteiger partial charge in [-0.2, -0.15) is 0 Å². The Bertz CT molecular complexity index is 367. The molecule has 1 heterocycles. The molecular formula is C14H19IKNO2. The van der Waals surface area contributed by atoms with E-state index in [1.165, 1.54) is 0 Å². The Hall–Kier alpha value is 0.856. The van der Waals surface area contributed by atoms with Gasteiger partial charge in [0.25, 0.3) is 0 Å². The molecule has 1 aliphatic rings. The summed E-state index contributed by atoms with van der Waals surface area (Å²) in [7, 11) is 0. The molecule has 0 radical (unpaired) electrons. The van der Waals surface area contributed by atoms with E-state index in [-0.39, 0.29) is 81.5 Å². The van der Waals surface area contributed by atoms with Gasteiger partial charge in [-0.05, 0) is 24.3 Å². The largest absolute Gasteiger partial charge is 1.00 e. The molecule has 0 spiro atoms. The number of benzene rings is 1. The van der Waals surface area contributed by atoms with Crippen LogP contribution in [0.2, 0.25) is 0 Å². The maximum atomic E-state index is 11.8. The third-order valence-electron chi connectivity index (χ3n) is 3.25. The molecule has 1 fully saturated rings. The molecule has 3 nitrogen and oxygen atoms in total. The van der Waals surface area contributed by atoms with Crippen molar-refractivity contribution in [2.75, 3.05) is 13.1 Å². The number of rotatable bonds is 2. The summed E-state index contributed by atoms with van der Waals surface area (Å²) >= 11 is 0. The second-order valence-corrected chi connectivity index (χ2v) is 4.71. The molecular weight excluding hydrogens is 380 g/mol. The fourth-order valence-electron chi connectivity index (χ4n) is 2.00. The third kappa shape index (κ3) is 6.90. The minimum atomic E-state index is -0.180. The van der Waals surface area contributed by atoms with Crippen LogP contribution in [0.3, 0.4) is 0 Å². The molecule has 0 N–H and O–H groups in total. The number of nitrogens with zero attached hydrogens (tertiary/aromatic N) is 1. The Labute approximate surface area is 174 Å². The molecule has 100 valence electrons. The van der Waals surface area contributed by atoms with Gasteiger partial charge in [0, 0.05) is 13.1 Å². The average molecular weight is 399 g/mol. The van der Waals surface area contributed by atoms with Gasteiger partial charge < -0.3 is 33.6 Å². The first kappa shape index (κ1) is 19.9. The molecule has 0 atom stereocenters. The number of hydrogen-bond donors (Lipinski definition) is 0. The zero-order chi connectivity index (χ0) is 12.1. The van der Waals surface area contributed by atoms with Crippen molar-refractivity contribution < 1.29 is 84.9 Å².